The molecule has 0 saturated heterocycles. The van der Waals surface area contributed by atoms with Crippen molar-refractivity contribution < 1.29 is 0 Å². The van der Waals surface area contributed by atoms with E-state index in [1.807, 2.05) is 0 Å². The lowest BCUT2D eigenvalue weighted by Crippen LogP contribution is -2.01. The van der Waals surface area contributed by atoms with Gasteiger partial charge in [-0.05, 0) is 12.8 Å². The maximum atomic E-state index is 5.42. The van der Waals surface area contributed by atoms with Crippen LogP contribution in [0.4, 0.5) is 0 Å². The molecule has 0 heterocycles. The van der Waals surface area contributed by atoms with Crippen molar-refractivity contribution >= 4 is 34.8 Å². The summed E-state index contributed by atoms with van der Waals surface area (Å²) in [6.45, 7) is 0. The first-order chi connectivity index (χ1) is 3.11. The Morgan fingerprint density at radius 2 is 1.57 bits per heavy atom. The number of halogens is 3. The number of hydrogen-bond donors (Lipinski definition) is 0. The molecule has 0 unspecified atom stereocenters. The molecule has 0 atom stereocenters. The third-order valence-corrected chi connectivity index (χ3v) is 1.70. The normalized spacial score (nSPS) is 22.7. The van der Waals surface area contributed by atoms with Crippen molar-refractivity contribution in [1.29, 1.82) is 0 Å². The fourth-order valence-electron chi connectivity index (χ4n) is 0.346. The summed E-state index contributed by atoms with van der Waals surface area (Å²) >= 11 is 16.3. The first kappa shape index (κ1) is 6.00. The van der Waals surface area contributed by atoms with E-state index in [0.717, 1.165) is 18.8 Å². The van der Waals surface area contributed by atoms with Crippen LogP contribution >= 0.6 is 34.8 Å². The smallest absolute Gasteiger partial charge is 0.0830 e. The van der Waals surface area contributed by atoms with E-state index in [-0.39, 0.29) is 0 Å². The Morgan fingerprint density at radius 1 is 1.14 bits per heavy atom. The molecule has 0 nitrogen and oxygen atoms in total. The van der Waals surface area contributed by atoms with Crippen LogP contribution in [0, 0.1) is 5.92 Å². The van der Waals surface area contributed by atoms with Crippen LogP contribution in [0.5, 0.6) is 0 Å². The van der Waals surface area contributed by atoms with Crippen molar-refractivity contribution in [2.24, 2.45) is 0 Å². The number of alkyl halides is 3. The molecule has 1 radical (unpaired) electrons. The second kappa shape index (κ2) is 1.68. The van der Waals surface area contributed by atoms with Crippen molar-refractivity contribution in [3.8, 4) is 0 Å². The van der Waals surface area contributed by atoms with Crippen molar-refractivity contribution in [3.05, 3.63) is 5.92 Å². The molecule has 7 heavy (non-hydrogen) atoms. The Morgan fingerprint density at radius 3 is 1.57 bits per heavy atom. The molecule has 0 aromatic heterocycles. The number of rotatable bonds is 0. The van der Waals surface area contributed by atoms with Gasteiger partial charge in [0.15, 0.2) is 3.79 Å². The van der Waals surface area contributed by atoms with Crippen LogP contribution in [0.3, 0.4) is 0 Å². The molecule has 0 bridgehead atoms. The molecule has 1 saturated carbocycles. The van der Waals surface area contributed by atoms with Gasteiger partial charge >= 0.3 is 0 Å². The summed E-state index contributed by atoms with van der Waals surface area (Å²) in [6, 6.07) is 0. The minimum atomic E-state index is -1.06. The maximum absolute atomic E-state index is 5.42. The molecule has 41 valence electrons. The lowest BCUT2D eigenvalue weighted by atomic mass is 10.5. The predicted octanol–water partition coefficient (Wildman–Crippen LogP) is 2.72. The summed E-state index contributed by atoms with van der Waals surface area (Å²) in [5.74, 6) is 1.04. The largest absolute Gasteiger partial charge is 0.196 e. The first-order valence-electron chi connectivity index (χ1n) is 2.02. The second-order valence-electron chi connectivity index (χ2n) is 1.60. The Labute approximate surface area is 57.7 Å². The van der Waals surface area contributed by atoms with E-state index >= 15 is 0 Å². The third-order valence-electron chi connectivity index (χ3n) is 0.901. The average molecular weight is 158 g/mol. The van der Waals surface area contributed by atoms with E-state index in [1.54, 1.807) is 0 Å². The van der Waals surface area contributed by atoms with E-state index in [1.165, 1.54) is 0 Å². The average Bonchev–Trinajstić information content (AvgIpc) is 1.99. The van der Waals surface area contributed by atoms with Gasteiger partial charge in [0, 0.05) is 5.92 Å². The molecule has 0 N–H and O–H groups in total. The molecular weight excluding hydrogens is 154 g/mol. The highest BCUT2D eigenvalue weighted by Gasteiger charge is 2.41. The SMILES string of the molecule is ClC(Cl)(Cl)[C]1CC1. The Balaban J connectivity index is 2.36. The van der Waals surface area contributed by atoms with Crippen molar-refractivity contribution in [3.63, 3.8) is 0 Å². The van der Waals surface area contributed by atoms with Gasteiger partial charge in [-0.15, -0.1) is 0 Å². The summed E-state index contributed by atoms with van der Waals surface area (Å²) in [7, 11) is 0. The minimum absolute atomic E-state index is 0.997. The maximum Gasteiger partial charge on any atom is 0.196 e. The van der Waals surface area contributed by atoms with E-state index in [4.69, 9.17) is 34.8 Å². The lowest BCUT2D eigenvalue weighted by molar-refractivity contribution is 1.22. The summed E-state index contributed by atoms with van der Waals surface area (Å²) in [5, 5.41) is 0. The Hall–Kier alpha value is 0.870. The molecule has 3 heteroatoms. The van der Waals surface area contributed by atoms with Crippen LogP contribution in [0.25, 0.3) is 0 Å². The van der Waals surface area contributed by atoms with Crippen LogP contribution < -0.4 is 0 Å². The topological polar surface area (TPSA) is 0 Å². The van der Waals surface area contributed by atoms with E-state index in [9.17, 15) is 0 Å². The van der Waals surface area contributed by atoms with Gasteiger partial charge in [-0.3, -0.25) is 0 Å². The molecule has 1 aliphatic carbocycles. The molecule has 0 aromatic rings. The molecule has 0 amide bonds. The van der Waals surface area contributed by atoms with E-state index in [2.05, 4.69) is 0 Å². The molecule has 0 spiro atoms. The van der Waals surface area contributed by atoms with Crippen molar-refractivity contribution in [1.82, 2.24) is 0 Å². The second-order valence-corrected chi connectivity index (χ2v) is 3.88. The third kappa shape index (κ3) is 1.67. The van der Waals surface area contributed by atoms with Gasteiger partial charge in [-0.2, -0.15) is 0 Å². The quantitative estimate of drug-likeness (QED) is 0.476. The predicted molar refractivity (Wildman–Crippen MR) is 32.8 cm³/mol. The van der Waals surface area contributed by atoms with Gasteiger partial charge in [0.2, 0.25) is 0 Å². The van der Waals surface area contributed by atoms with Crippen LogP contribution in [0.2, 0.25) is 0 Å². The van der Waals surface area contributed by atoms with Crippen LogP contribution in [0.1, 0.15) is 12.8 Å². The first-order valence-corrected chi connectivity index (χ1v) is 3.16. The molecule has 1 aliphatic rings. The van der Waals surface area contributed by atoms with Gasteiger partial charge in [0.05, 0.1) is 0 Å². The minimum Gasteiger partial charge on any atom is -0.0830 e. The lowest BCUT2D eigenvalue weighted by Gasteiger charge is -2.04. The van der Waals surface area contributed by atoms with Gasteiger partial charge in [0.25, 0.3) is 0 Å². The highest BCUT2D eigenvalue weighted by molar-refractivity contribution is 6.69. The summed E-state index contributed by atoms with van der Waals surface area (Å²) in [6.07, 6.45) is 1.99. The standard InChI is InChI=1S/C4H4Cl3/c5-4(6,7)3-1-2-3/h1-2H2. The fourth-order valence-corrected chi connectivity index (χ4v) is 0.913. The number of hydrogen-bond acceptors (Lipinski definition) is 0. The zero-order valence-corrected chi connectivity index (χ0v) is 5.82. The monoisotopic (exact) mass is 157 g/mol. The van der Waals surface area contributed by atoms with Gasteiger partial charge in [-0.1, -0.05) is 34.8 Å². The van der Waals surface area contributed by atoms with Gasteiger partial charge in [0.1, 0.15) is 0 Å². The summed E-state index contributed by atoms with van der Waals surface area (Å²) in [4.78, 5) is 0. The van der Waals surface area contributed by atoms with E-state index in [0.29, 0.717) is 0 Å². The van der Waals surface area contributed by atoms with Gasteiger partial charge < -0.3 is 0 Å². The molecule has 1 fully saturated rings. The van der Waals surface area contributed by atoms with Crippen molar-refractivity contribution in [2.45, 2.75) is 16.6 Å². The molecule has 0 aromatic carbocycles. The Bertz CT molecular complexity index is 69.5. The highest BCUT2D eigenvalue weighted by Crippen LogP contribution is 2.51. The summed E-state index contributed by atoms with van der Waals surface area (Å²) in [5.41, 5.74) is 0. The molecule has 1 rings (SSSR count). The molecule has 0 aliphatic heterocycles. The Kier molecular flexibility index (Phi) is 1.44. The fraction of sp³-hybridized carbons (Fsp3) is 0.750. The molecular formula is C4H4Cl3. The zero-order valence-electron chi connectivity index (χ0n) is 3.55. The van der Waals surface area contributed by atoms with Gasteiger partial charge in [-0.25, -0.2) is 0 Å². The zero-order chi connectivity index (χ0) is 5.49. The highest BCUT2D eigenvalue weighted by atomic mass is 35.6. The van der Waals surface area contributed by atoms with Crippen LogP contribution in [0.15, 0.2) is 0 Å². The van der Waals surface area contributed by atoms with E-state index < -0.39 is 3.79 Å². The summed E-state index contributed by atoms with van der Waals surface area (Å²) < 4.78 is -1.06. The van der Waals surface area contributed by atoms with Crippen LogP contribution in [-0.4, -0.2) is 3.79 Å². The van der Waals surface area contributed by atoms with Crippen LogP contribution in [-0.2, 0) is 0 Å². The van der Waals surface area contributed by atoms with Crippen molar-refractivity contribution in [2.75, 3.05) is 0 Å².